The summed E-state index contributed by atoms with van der Waals surface area (Å²) in [5.41, 5.74) is 1.95. The van der Waals surface area contributed by atoms with Crippen LogP contribution in [-0.4, -0.2) is 54.0 Å². The summed E-state index contributed by atoms with van der Waals surface area (Å²) in [6.45, 7) is 4.70. The highest BCUT2D eigenvalue weighted by Gasteiger charge is 2.28. The topological polar surface area (TPSA) is 83.1 Å². The fraction of sp³-hybridized carbons (Fsp3) is 0.692. The first-order valence-corrected chi connectivity index (χ1v) is 8.73. The first kappa shape index (κ1) is 15.0. The minimum Gasteiger partial charge on any atom is -0.341 e. The molecule has 1 fully saturated rings. The molecule has 1 aromatic heterocycles. The second kappa shape index (κ2) is 5.95. The largest absolute Gasteiger partial charge is 0.341 e. The number of hydrogen-bond donors (Lipinski definition) is 1. The summed E-state index contributed by atoms with van der Waals surface area (Å²) in [5.74, 6) is -0.463. The van der Waals surface area contributed by atoms with Crippen molar-refractivity contribution in [2.45, 2.75) is 32.6 Å². The van der Waals surface area contributed by atoms with Crippen LogP contribution in [0.1, 0.15) is 37.1 Å². The molecular weight excluding hydrogens is 278 g/mol. The van der Waals surface area contributed by atoms with Crippen molar-refractivity contribution in [1.29, 1.82) is 0 Å². The average molecular weight is 299 g/mol. The van der Waals surface area contributed by atoms with E-state index in [-0.39, 0.29) is 23.3 Å². The lowest BCUT2D eigenvalue weighted by Gasteiger charge is -2.32. The molecule has 2 rings (SSSR count). The van der Waals surface area contributed by atoms with Gasteiger partial charge < -0.3 is 4.90 Å². The van der Waals surface area contributed by atoms with Crippen LogP contribution >= 0.6 is 0 Å². The zero-order valence-corrected chi connectivity index (χ0v) is 12.7. The van der Waals surface area contributed by atoms with Gasteiger partial charge in [-0.1, -0.05) is 6.92 Å². The van der Waals surface area contributed by atoms with Gasteiger partial charge in [0.1, 0.15) is 5.75 Å². The van der Waals surface area contributed by atoms with Gasteiger partial charge in [0.25, 0.3) is 0 Å². The van der Waals surface area contributed by atoms with Crippen LogP contribution in [0.4, 0.5) is 0 Å². The van der Waals surface area contributed by atoms with E-state index in [1.807, 2.05) is 13.0 Å². The van der Waals surface area contributed by atoms with Gasteiger partial charge in [0.2, 0.25) is 5.91 Å². The third kappa shape index (κ3) is 3.59. The van der Waals surface area contributed by atoms with Gasteiger partial charge in [-0.3, -0.25) is 9.89 Å². The number of rotatable bonds is 4. The zero-order chi connectivity index (χ0) is 14.8. The SMILES string of the molecule is CCS(=O)(=O)CC(=O)N1CCCC(c2cc(C)[nH]n2)C1. The molecule has 1 aliphatic rings. The highest BCUT2D eigenvalue weighted by molar-refractivity contribution is 7.92. The van der Waals surface area contributed by atoms with E-state index in [0.29, 0.717) is 13.1 Å². The van der Waals surface area contributed by atoms with Crippen LogP contribution in [0.2, 0.25) is 0 Å². The predicted molar refractivity (Wildman–Crippen MR) is 76.2 cm³/mol. The Hall–Kier alpha value is -1.37. The van der Waals surface area contributed by atoms with Gasteiger partial charge in [0.15, 0.2) is 9.84 Å². The molecule has 2 heterocycles. The normalized spacial score (nSPS) is 20.1. The van der Waals surface area contributed by atoms with Crippen molar-refractivity contribution < 1.29 is 13.2 Å². The standard InChI is InChI=1S/C13H21N3O3S/c1-3-20(18,19)9-13(17)16-6-4-5-11(8-16)12-7-10(2)14-15-12/h7,11H,3-6,8-9H2,1-2H3,(H,14,15). The van der Waals surface area contributed by atoms with Crippen molar-refractivity contribution in [1.82, 2.24) is 15.1 Å². The molecule has 0 bridgehead atoms. The summed E-state index contributed by atoms with van der Waals surface area (Å²) in [7, 11) is -3.26. The summed E-state index contributed by atoms with van der Waals surface area (Å²) in [6, 6.07) is 1.99. The molecule has 7 heteroatoms. The van der Waals surface area contributed by atoms with Gasteiger partial charge in [-0.05, 0) is 25.8 Å². The van der Waals surface area contributed by atoms with E-state index in [2.05, 4.69) is 10.2 Å². The molecule has 1 aromatic rings. The molecule has 112 valence electrons. The fourth-order valence-corrected chi connectivity index (χ4v) is 3.24. The van der Waals surface area contributed by atoms with Gasteiger partial charge in [0, 0.05) is 30.5 Å². The van der Waals surface area contributed by atoms with Gasteiger partial charge in [-0.15, -0.1) is 0 Å². The molecule has 1 aliphatic heterocycles. The number of nitrogens with zero attached hydrogens (tertiary/aromatic N) is 2. The van der Waals surface area contributed by atoms with Crippen molar-refractivity contribution >= 4 is 15.7 Å². The number of aromatic nitrogens is 2. The molecule has 0 aliphatic carbocycles. The maximum atomic E-state index is 12.1. The fourth-order valence-electron chi connectivity index (χ4n) is 2.47. The Morgan fingerprint density at radius 3 is 2.90 bits per heavy atom. The van der Waals surface area contributed by atoms with Crippen LogP contribution < -0.4 is 0 Å². The third-order valence-corrected chi connectivity index (χ3v) is 5.27. The molecule has 0 radical (unpaired) electrons. The maximum absolute atomic E-state index is 12.1. The van der Waals surface area contributed by atoms with E-state index in [1.165, 1.54) is 0 Å². The molecule has 20 heavy (non-hydrogen) atoms. The molecule has 1 N–H and O–H groups in total. The number of carbonyl (C=O) groups is 1. The summed E-state index contributed by atoms with van der Waals surface area (Å²) >= 11 is 0. The summed E-state index contributed by atoms with van der Waals surface area (Å²) in [6.07, 6.45) is 1.86. The number of amides is 1. The highest BCUT2D eigenvalue weighted by Crippen LogP contribution is 2.26. The molecule has 0 saturated carbocycles. The number of carbonyl (C=O) groups excluding carboxylic acids is 1. The molecule has 1 amide bonds. The van der Waals surface area contributed by atoms with E-state index in [1.54, 1.807) is 11.8 Å². The number of H-pyrrole nitrogens is 1. The average Bonchev–Trinajstić information content (AvgIpc) is 2.85. The van der Waals surface area contributed by atoms with Gasteiger partial charge in [-0.25, -0.2) is 8.42 Å². The number of nitrogens with one attached hydrogen (secondary N) is 1. The first-order valence-electron chi connectivity index (χ1n) is 6.91. The van der Waals surface area contributed by atoms with Crippen molar-refractivity contribution in [2.24, 2.45) is 0 Å². The van der Waals surface area contributed by atoms with Gasteiger partial charge in [-0.2, -0.15) is 5.10 Å². The molecule has 0 aromatic carbocycles. The second-order valence-corrected chi connectivity index (χ2v) is 7.68. The summed E-state index contributed by atoms with van der Waals surface area (Å²) in [4.78, 5) is 13.7. The lowest BCUT2D eigenvalue weighted by Crippen LogP contribution is -2.42. The second-order valence-electron chi connectivity index (χ2n) is 5.33. The molecule has 6 nitrogen and oxygen atoms in total. The number of hydrogen-bond acceptors (Lipinski definition) is 4. The number of aryl methyl sites for hydroxylation is 1. The van der Waals surface area contributed by atoms with Gasteiger partial charge in [0.05, 0.1) is 5.69 Å². The first-order chi connectivity index (χ1) is 9.41. The van der Waals surface area contributed by atoms with E-state index in [0.717, 1.165) is 24.2 Å². The van der Waals surface area contributed by atoms with Crippen molar-refractivity contribution in [2.75, 3.05) is 24.6 Å². The third-order valence-electron chi connectivity index (χ3n) is 3.70. The predicted octanol–water partition coefficient (Wildman–Crippen LogP) is 0.859. The molecule has 0 spiro atoms. The Morgan fingerprint density at radius 2 is 2.30 bits per heavy atom. The number of piperidine rings is 1. The summed E-state index contributed by atoms with van der Waals surface area (Å²) < 4.78 is 23.1. The lowest BCUT2D eigenvalue weighted by molar-refractivity contribution is -0.129. The Bertz CT molecular complexity index is 579. The summed E-state index contributed by atoms with van der Waals surface area (Å²) in [5, 5.41) is 7.15. The monoisotopic (exact) mass is 299 g/mol. The lowest BCUT2D eigenvalue weighted by atomic mass is 9.94. The van der Waals surface area contributed by atoms with Crippen LogP contribution in [0, 0.1) is 6.92 Å². The van der Waals surface area contributed by atoms with Crippen LogP contribution in [-0.2, 0) is 14.6 Å². The van der Waals surface area contributed by atoms with Crippen LogP contribution in [0.25, 0.3) is 0 Å². The van der Waals surface area contributed by atoms with Crippen LogP contribution in [0.15, 0.2) is 6.07 Å². The minimum atomic E-state index is -3.26. The number of sulfone groups is 1. The van der Waals surface area contributed by atoms with Crippen molar-refractivity contribution in [3.8, 4) is 0 Å². The zero-order valence-electron chi connectivity index (χ0n) is 11.9. The van der Waals surface area contributed by atoms with Crippen LogP contribution in [0.5, 0.6) is 0 Å². The van der Waals surface area contributed by atoms with E-state index >= 15 is 0 Å². The van der Waals surface area contributed by atoms with Crippen molar-refractivity contribution in [3.63, 3.8) is 0 Å². The van der Waals surface area contributed by atoms with Gasteiger partial charge >= 0.3 is 0 Å². The van der Waals surface area contributed by atoms with Crippen molar-refractivity contribution in [3.05, 3.63) is 17.5 Å². The maximum Gasteiger partial charge on any atom is 0.237 e. The van der Waals surface area contributed by atoms with E-state index < -0.39 is 9.84 Å². The minimum absolute atomic E-state index is 0.00850. The molecule has 1 saturated heterocycles. The van der Waals surface area contributed by atoms with E-state index in [4.69, 9.17) is 0 Å². The Kier molecular flexibility index (Phi) is 4.47. The smallest absolute Gasteiger partial charge is 0.237 e. The highest BCUT2D eigenvalue weighted by atomic mass is 32.2. The molecule has 1 unspecified atom stereocenters. The van der Waals surface area contributed by atoms with Crippen LogP contribution in [0.3, 0.4) is 0 Å². The Labute approximate surface area is 119 Å². The number of aromatic amines is 1. The molecular formula is C13H21N3O3S. The number of likely N-dealkylation sites (tertiary alicyclic amines) is 1. The van der Waals surface area contributed by atoms with E-state index in [9.17, 15) is 13.2 Å². The quantitative estimate of drug-likeness (QED) is 0.894. The molecule has 1 atom stereocenters. The Balaban J connectivity index is 2.02. The Morgan fingerprint density at radius 1 is 1.55 bits per heavy atom.